The van der Waals surface area contributed by atoms with Gasteiger partial charge in [-0.05, 0) is 55.5 Å². The molecule has 2 bridgehead atoms. The van der Waals surface area contributed by atoms with Gasteiger partial charge in [-0.25, -0.2) is 0 Å². The van der Waals surface area contributed by atoms with Crippen LogP contribution in [-0.2, 0) is 0 Å². The Morgan fingerprint density at radius 3 is 2.40 bits per heavy atom. The van der Waals surface area contributed by atoms with Crippen molar-refractivity contribution in [3.05, 3.63) is 46.3 Å². The molecule has 2 aliphatic rings. The number of carbonyl (C=O) groups excluding carboxylic acids is 1. The lowest BCUT2D eigenvalue weighted by molar-refractivity contribution is 0.0686. The van der Waals surface area contributed by atoms with E-state index in [4.69, 9.17) is 11.6 Å². The highest BCUT2D eigenvalue weighted by molar-refractivity contribution is 7.17. The highest BCUT2D eigenvalue weighted by Crippen LogP contribution is 2.32. The zero-order valence-corrected chi connectivity index (χ0v) is 16.5. The monoisotopic (exact) mass is 396 g/mol. The van der Waals surface area contributed by atoms with Crippen LogP contribution < -0.4 is 5.32 Å². The van der Waals surface area contributed by atoms with Crippen molar-refractivity contribution in [2.75, 3.05) is 7.05 Å². The number of fused-ring (bicyclic) bond motifs is 2. The molecule has 4 rings (SSSR count). The summed E-state index contributed by atoms with van der Waals surface area (Å²) >= 11 is 7.51. The van der Waals surface area contributed by atoms with Gasteiger partial charge in [-0.1, -0.05) is 23.7 Å². The number of nitrogens with one attached hydrogen (secondary N) is 1. The number of amides is 1. The van der Waals surface area contributed by atoms with Gasteiger partial charge in [-0.3, -0.25) is 4.79 Å². The molecule has 2 saturated heterocycles. The van der Waals surface area contributed by atoms with E-state index >= 15 is 0 Å². The maximum atomic E-state index is 12.9. The number of halogens is 2. The molecule has 2 fully saturated rings. The molecule has 0 spiro atoms. The molecule has 1 N–H and O–H groups in total. The van der Waals surface area contributed by atoms with Gasteiger partial charge in [0.05, 0.1) is 4.88 Å². The van der Waals surface area contributed by atoms with Gasteiger partial charge in [0.2, 0.25) is 0 Å². The lowest BCUT2D eigenvalue weighted by atomic mass is 9.98. The van der Waals surface area contributed by atoms with E-state index in [1.54, 1.807) is 11.3 Å². The zero-order valence-electron chi connectivity index (χ0n) is 14.1. The molecule has 0 radical (unpaired) electrons. The van der Waals surface area contributed by atoms with Crippen LogP contribution in [0.5, 0.6) is 0 Å². The molecule has 3 heterocycles. The molecule has 1 aromatic heterocycles. The second kappa shape index (κ2) is 7.67. The highest BCUT2D eigenvalue weighted by Gasteiger charge is 2.36. The Morgan fingerprint density at radius 2 is 1.76 bits per heavy atom. The van der Waals surface area contributed by atoms with E-state index in [1.807, 2.05) is 48.3 Å². The first kappa shape index (κ1) is 18.7. The van der Waals surface area contributed by atoms with Crippen molar-refractivity contribution in [1.82, 2.24) is 10.2 Å². The normalized spacial score (nSPS) is 24.6. The summed E-state index contributed by atoms with van der Waals surface area (Å²) in [6, 6.07) is 13.3. The number of nitrogens with zero attached hydrogens (tertiary/aromatic N) is 1. The zero-order chi connectivity index (χ0) is 16.7. The van der Waals surface area contributed by atoms with E-state index in [1.165, 1.54) is 12.8 Å². The first-order chi connectivity index (χ1) is 11.6. The average molecular weight is 397 g/mol. The second-order valence-corrected chi connectivity index (χ2v) is 8.37. The Balaban J connectivity index is 0.00000182. The van der Waals surface area contributed by atoms with Crippen LogP contribution >= 0.6 is 35.3 Å². The van der Waals surface area contributed by atoms with E-state index in [-0.39, 0.29) is 18.3 Å². The Labute approximate surface area is 163 Å². The summed E-state index contributed by atoms with van der Waals surface area (Å²) in [6.07, 6.45) is 4.66. The lowest BCUT2D eigenvalue weighted by Crippen LogP contribution is -2.48. The minimum absolute atomic E-state index is 0. The smallest absolute Gasteiger partial charge is 0.263 e. The first-order valence-corrected chi connectivity index (χ1v) is 9.68. The van der Waals surface area contributed by atoms with Gasteiger partial charge < -0.3 is 10.2 Å². The van der Waals surface area contributed by atoms with Crippen molar-refractivity contribution in [1.29, 1.82) is 0 Å². The van der Waals surface area contributed by atoms with E-state index in [0.29, 0.717) is 18.1 Å². The van der Waals surface area contributed by atoms with E-state index < -0.39 is 0 Å². The molecule has 1 amide bonds. The standard InChI is InChI=1S/C19H21ClN2OS.ClH/c1-22(16-10-14-6-7-15(11-16)21-14)19(23)18-9-8-17(24-18)12-2-4-13(20)5-3-12;/h2-5,8-9,14-16,21H,6-7,10-11H2,1H3;1H. The Morgan fingerprint density at radius 1 is 1.12 bits per heavy atom. The van der Waals surface area contributed by atoms with Gasteiger partial charge in [0.15, 0.2) is 0 Å². The van der Waals surface area contributed by atoms with Gasteiger partial charge in [0.25, 0.3) is 5.91 Å². The Hall–Kier alpha value is -1.07. The van der Waals surface area contributed by atoms with Crippen LogP contribution in [0.3, 0.4) is 0 Å². The summed E-state index contributed by atoms with van der Waals surface area (Å²) in [7, 11) is 1.96. The fourth-order valence-corrected chi connectivity index (χ4v) is 5.03. The molecule has 1 aromatic carbocycles. The minimum atomic E-state index is 0. The molecule has 2 unspecified atom stereocenters. The largest absolute Gasteiger partial charge is 0.338 e. The highest BCUT2D eigenvalue weighted by atomic mass is 35.5. The summed E-state index contributed by atoms with van der Waals surface area (Å²) in [6.45, 7) is 0. The molecule has 2 aliphatic heterocycles. The molecule has 0 saturated carbocycles. The minimum Gasteiger partial charge on any atom is -0.338 e. The van der Waals surface area contributed by atoms with E-state index in [0.717, 1.165) is 33.2 Å². The third kappa shape index (κ3) is 3.87. The van der Waals surface area contributed by atoms with Crippen LogP contribution in [0.2, 0.25) is 5.02 Å². The number of thiophene rings is 1. The third-order valence-corrected chi connectivity index (χ3v) is 6.64. The number of piperidine rings is 1. The van der Waals surface area contributed by atoms with Crippen molar-refractivity contribution in [3.63, 3.8) is 0 Å². The fourth-order valence-electron chi connectivity index (χ4n) is 3.91. The quantitative estimate of drug-likeness (QED) is 0.804. The van der Waals surface area contributed by atoms with Crippen LogP contribution in [0.1, 0.15) is 35.4 Å². The Bertz CT molecular complexity index is 734. The first-order valence-electron chi connectivity index (χ1n) is 8.49. The van der Waals surface area contributed by atoms with Crippen LogP contribution in [0.25, 0.3) is 10.4 Å². The molecule has 3 nitrogen and oxygen atoms in total. The predicted molar refractivity (Wildman–Crippen MR) is 107 cm³/mol. The summed E-state index contributed by atoms with van der Waals surface area (Å²) in [5.41, 5.74) is 1.10. The molecule has 134 valence electrons. The van der Waals surface area contributed by atoms with Gasteiger partial charge in [0.1, 0.15) is 0 Å². The number of hydrogen-bond acceptors (Lipinski definition) is 3. The number of benzene rings is 1. The molecule has 25 heavy (non-hydrogen) atoms. The van der Waals surface area contributed by atoms with Gasteiger partial charge in [-0.2, -0.15) is 0 Å². The molecular formula is C19H22Cl2N2OS. The molecule has 0 aliphatic carbocycles. The topological polar surface area (TPSA) is 32.3 Å². The maximum absolute atomic E-state index is 12.9. The molecule has 2 aromatic rings. The maximum Gasteiger partial charge on any atom is 0.263 e. The molecular weight excluding hydrogens is 375 g/mol. The summed E-state index contributed by atoms with van der Waals surface area (Å²) in [5, 5.41) is 4.37. The lowest BCUT2D eigenvalue weighted by Gasteiger charge is -2.35. The van der Waals surface area contributed by atoms with Crippen LogP contribution in [-0.4, -0.2) is 36.0 Å². The van der Waals surface area contributed by atoms with Crippen molar-refractivity contribution >= 4 is 41.3 Å². The average Bonchev–Trinajstić information content (AvgIpc) is 3.21. The van der Waals surface area contributed by atoms with Crippen molar-refractivity contribution in [3.8, 4) is 10.4 Å². The summed E-state index contributed by atoms with van der Waals surface area (Å²) in [4.78, 5) is 16.8. The van der Waals surface area contributed by atoms with Gasteiger partial charge >= 0.3 is 0 Å². The molecule has 6 heteroatoms. The van der Waals surface area contributed by atoms with Gasteiger partial charge in [-0.15, -0.1) is 23.7 Å². The van der Waals surface area contributed by atoms with Crippen molar-refractivity contribution < 1.29 is 4.79 Å². The number of hydrogen-bond donors (Lipinski definition) is 1. The predicted octanol–water partition coefficient (Wildman–Crippen LogP) is 4.85. The summed E-state index contributed by atoms with van der Waals surface area (Å²) < 4.78 is 0. The van der Waals surface area contributed by atoms with Crippen LogP contribution in [0.15, 0.2) is 36.4 Å². The van der Waals surface area contributed by atoms with Crippen LogP contribution in [0.4, 0.5) is 0 Å². The van der Waals surface area contributed by atoms with Crippen molar-refractivity contribution in [2.24, 2.45) is 0 Å². The SMILES string of the molecule is CN(C(=O)c1ccc(-c2ccc(Cl)cc2)s1)C1CC2CCC(C1)N2.Cl. The van der Waals surface area contributed by atoms with E-state index in [2.05, 4.69) is 5.32 Å². The third-order valence-electron chi connectivity index (χ3n) is 5.26. The van der Waals surface area contributed by atoms with Gasteiger partial charge in [0, 0.05) is 35.1 Å². The fraction of sp³-hybridized carbons (Fsp3) is 0.421. The second-order valence-electron chi connectivity index (χ2n) is 6.85. The molecule has 2 atom stereocenters. The van der Waals surface area contributed by atoms with E-state index in [9.17, 15) is 4.79 Å². The Kier molecular flexibility index (Phi) is 5.74. The number of rotatable bonds is 3. The number of carbonyl (C=O) groups is 1. The van der Waals surface area contributed by atoms with Crippen LogP contribution in [0, 0.1) is 0 Å². The summed E-state index contributed by atoms with van der Waals surface area (Å²) in [5.74, 6) is 0.145. The van der Waals surface area contributed by atoms with Crippen molar-refractivity contribution in [2.45, 2.75) is 43.8 Å².